The Kier molecular flexibility index (Phi) is 3.86. The zero-order valence-electron chi connectivity index (χ0n) is 13.0. The normalized spacial score (nSPS) is 17.7. The van der Waals surface area contributed by atoms with Gasteiger partial charge in [-0.15, -0.1) is 0 Å². The molecule has 0 radical (unpaired) electrons. The molecule has 1 aliphatic carbocycles. The van der Waals surface area contributed by atoms with Crippen LogP contribution >= 0.6 is 0 Å². The Morgan fingerprint density at radius 3 is 2.10 bits per heavy atom. The molecule has 0 saturated heterocycles. The van der Waals surface area contributed by atoms with Crippen LogP contribution in [0.25, 0.3) is 0 Å². The van der Waals surface area contributed by atoms with Gasteiger partial charge in [0, 0.05) is 11.5 Å². The zero-order chi connectivity index (χ0) is 14.9. The summed E-state index contributed by atoms with van der Waals surface area (Å²) in [5.74, 6) is 0.698. The fourth-order valence-electron chi connectivity index (χ4n) is 3.34. The van der Waals surface area contributed by atoms with Crippen molar-refractivity contribution < 1.29 is 0 Å². The monoisotopic (exact) mass is 279 g/mol. The largest absolute Gasteiger partial charge is 0.323 e. The molecule has 2 aromatic rings. The first kappa shape index (κ1) is 14.3. The van der Waals surface area contributed by atoms with E-state index in [1.54, 1.807) is 0 Å². The number of hydrogen-bond acceptors (Lipinski definition) is 1. The maximum atomic E-state index is 6.62. The van der Waals surface area contributed by atoms with Crippen molar-refractivity contribution in [3.05, 3.63) is 71.3 Å². The van der Waals surface area contributed by atoms with Gasteiger partial charge in [0.1, 0.15) is 0 Å². The van der Waals surface area contributed by atoms with Crippen LogP contribution in [0, 0.1) is 5.92 Å². The Balaban J connectivity index is 1.81. The summed E-state index contributed by atoms with van der Waals surface area (Å²) in [7, 11) is 0. The standard InChI is InChI=1S/C20H25N/c1-15(2)14-16-8-10-17(11-9-16)19(21)20(12-13-20)18-6-4-3-5-7-18/h3-11,15,19H,12-14,21H2,1-2H3. The van der Waals surface area contributed by atoms with E-state index < -0.39 is 0 Å². The Morgan fingerprint density at radius 1 is 0.952 bits per heavy atom. The number of benzene rings is 2. The van der Waals surface area contributed by atoms with Gasteiger partial charge in [-0.2, -0.15) is 0 Å². The van der Waals surface area contributed by atoms with E-state index in [9.17, 15) is 0 Å². The van der Waals surface area contributed by atoms with Gasteiger partial charge in [-0.25, -0.2) is 0 Å². The quantitative estimate of drug-likeness (QED) is 0.849. The van der Waals surface area contributed by atoms with Gasteiger partial charge in [-0.3, -0.25) is 0 Å². The van der Waals surface area contributed by atoms with Crippen LogP contribution in [-0.2, 0) is 11.8 Å². The smallest absolute Gasteiger partial charge is 0.0393 e. The first-order valence-electron chi connectivity index (χ1n) is 8.02. The lowest BCUT2D eigenvalue weighted by Crippen LogP contribution is -2.26. The second-order valence-electron chi connectivity index (χ2n) is 6.84. The van der Waals surface area contributed by atoms with E-state index in [-0.39, 0.29) is 11.5 Å². The predicted molar refractivity (Wildman–Crippen MR) is 89.3 cm³/mol. The van der Waals surface area contributed by atoms with E-state index >= 15 is 0 Å². The van der Waals surface area contributed by atoms with Gasteiger partial charge in [0.2, 0.25) is 0 Å². The Labute approximate surface area is 128 Å². The average molecular weight is 279 g/mol. The van der Waals surface area contributed by atoms with Crippen LogP contribution in [0.4, 0.5) is 0 Å². The second-order valence-corrected chi connectivity index (χ2v) is 6.84. The highest BCUT2D eigenvalue weighted by molar-refractivity contribution is 5.38. The molecule has 0 aromatic heterocycles. The molecule has 0 spiro atoms. The van der Waals surface area contributed by atoms with E-state index in [1.807, 2.05) is 0 Å². The highest BCUT2D eigenvalue weighted by Gasteiger charge is 2.49. The molecule has 0 bridgehead atoms. The van der Waals surface area contributed by atoms with E-state index in [2.05, 4.69) is 68.4 Å². The fourth-order valence-corrected chi connectivity index (χ4v) is 3.34. The molecule has 1 unspecified atom stereocenters. The molecule has 0 aliphatic heterocycles. The molecule has 1 heteroatoms. The van der Waals surface area contributed by atoms with E-state index in [4.69, 9.17) is 5.73 Å². The van der Waals surface area contributed by atoms with Gasteiger partial charge in [-0.1, -0.05) is 68.4 Å². The van der Waals surface area contributed by atoms with Crippen molar-refractivity contribution in [2.75, 3.05) is 0 Å². The lowest BCUT2D eigenvalue weighted by Gasteiger charge is -2.24. The van der Waals surface area contributed by atoms with Crippen molar-refractivity contribution in [1.82, 2.24) is 0 Å². The maximum absolute atomic E-state index is 6.62. The Bertz CT molecular complexity index is 579. The van der Waals surface area contributed by atoms with Crippen LogP contribution in [0.2, 0.25) is 0 Å². The minimum atomic E-state index is 0.105. The van der Waals surface area contributed by atoms with Gasteiger partial charge in [-0.05, 0) is 41.9 Å². The van der Waals surface area contributed by atoms with Crippen LogP contribution in [-0.4, -0.2) is 0 Å². The second kappa shape index (κ2) is 5.65. The Hall–Kier alpha value is -1.60. The van der Waals surface area contributed by atoms with Crippen molar-refractivity contribution >= 4 is 0 Å². The molecular formula is C20H25N. The van der Waals surface area contributed by atoms with Crippen LogP contribution in [0.5, 0.6) is 0 Å². The molecule has 3 rings (SSSR count). The highest BCUT2D eigenvalue weighted by atomic mass is 14.7. The highest BCUT2D eigenvalue weighted by Crippen LogP contribution is 2.55. The summed E-state index contributed by atoms with van der Waals surface area (Å²) in [6, 6.07) is 19.8. The third-order valence-corrected chi connectivity index (χ3v) is 4.72. The summed E-state index contributed by atoms with van der Waals surface area (Å²) in [4.78, 5) is 0. The van der Waals surface area contributed by atoms with Crippen LogP contribution < -0.4 is 5.73 Å². The Morgan fingerprint density at radius 2 is 1.57 bits per heavy atom. The molecule has 1 saturated carbocycles. The third kappa shape index (κ3) is 2.89. The average Bonchev–Trinajstić information content (AvgIpc) is 3.29. The van der Waals surface area contributed by atoms with Gasteiger partial charge >= 0.3 is 0 Å². The summed E-state index contributed by atoms with van der Waals surface area (Å²) in [6.45, 7) is 4.52. The van der Waals surface area contributed by atoms with Crippen molar-refractivity contribution in [1.29, 1.82) is 0 Å². The van der Waals surface area contributed by atoms with Crippen molar-refractivity contribution in [3.63, 3.8) is 0 Å². The van der Waals surface area contributed by atoms with Gasteiger partial charge in [0.05, 0.1) is 0 Å². The molecule has 1 fully saturated rings. The minimum Gasteiger partial charge on any atom is -0.323 e. The molecule has 110 valence electrons. The van der Waals surface area contributed by atoms with Gasteiger partial charge in [0.15, 0.2) is 0 Å². The maximum Gasteiger partial charge on any atom is 0.0393 e. The summed E-state index contributed by atoms with van der Waals surface area (Å²) in [5.41, 5.74) is 10.9. The molecule has 1 atom stereocenters. The SMILES string of the molecule is CC(C)Cc1ccc(C(N)C2(c3ccccc3)CC2)cc1. The van der Waals surface area contributed by atoms with Crippen LogP contribution in [0.1, 0.15) is 49.4 Å². The number of rotatable bonds is 5. The van der Waals surface area contributed by atoms with Gasteiger partial charge in [0.25, 0.3) is 0 Å². The molecular weight excluding hydrogens is 254 g/mol. The topological polar surface area (TPSA) is 26.0 Å². The molecule has 2 N–H and O–H groups in total. The number of nitrogens with two attached hydrogens (primary N) is 1. The van der Waals surface area contributed by atoms with E-state index in [0.29, 0.717) is 5.92 Å². The summed E-state index contributed by atoms with van der Waals surface area (Å²) < 4.78 is 0. The first-order chi connectivity index (χ1) is 10.1. The number of hydrogen-bond donors (Lipinski definition) is 1. The van der Waals surface area contributed by atoms with E-state index in [0.717, 1.165) is 6.42 Å². The zero-order valence-corrected chi connectivity index (χ0v) is 13.0. The molecule has 0 amide bonds. The van der Waals surface area contributed by atoms with Crippen molar-refractivity contribution in [3.8, 4) is 0 Å². The van der Waals surface area contributed by atoms with Crippen LogP contribution in [0.3, 0.4) is 0 Å². The minimum absolute atomic E-state index is 0.105. The molecule has 1 nitrogen and oxygen atoms in total. The molecule has 2 aromatic carbocycles. The summed E-state index contributed by atoms with van der Waals surface area (Å²) in [6.07, 6.45) is 3.54. The third-order valence-electron chi connectivity index (χ3n) is 4.72. The molecule has 1 aliphatic rings. The molecule has 0 heterocycles. The van der Waals surface area contributed by atoms with Crippen molar-refractivity contribution in [2.24, 2.45) is 11.7 Å². The van der Waals surface area contributed by atoms with E-state index in [1.165, 1.54) is 29.5 Å². The lowest BCUT2D eigenvalue weighted by atomic mass is 9.84. The summed E-state index contributed by atoms with van der Waals surface area (Å²) >= 11 is 0. The summed E-state index contributed by atoms with van der Waals surface area (Å²) in [5, 5.41) is 0. The first-order valence-corrected chi connectivity index (χ1v) is 8.02. The van der Waals surface area contributed by atoms with Gasteiger partial charge < -0.3 is 5.73 Å². The fraction of sp³-hybridized carbons (Fsp3) is 0.400. The van der Waals surface area contributed by atoms with Crippen molar-refractivity contribution in [2.45, 2.75) is 44.6 Å². The molecule has 21 heavy (non-hydrogen) atoms. The lowest BCUT2D eigenvalue weighted by molar-refractivity contribution is 0.541. The predicted octanol–water partition coefficient (Wildman–Crippen LogP) is 4.62. The van der Waals surface area contributed by atoms with Crippen LogP contribution in [0.15, 0.2) is 54.6 Å².